The van der Waals surface area contributed by atoms with Gasteiger partial charge >= 0.3 is 0 Å². The molecule has 1 amide bonds. The predicted octanol–water partition coefficient (Wildman–Crippen LogP) is 4.11. The van der Waals surface area contributed by atoms with Gasteiger partial charge in [-0.15, -0.1) is 0 Å². The third kappa shape index (κ3) is 4.87. The number of hydrogen-bond donors (Lipinski definition) is 2. The molecule has 2 N–H and O–H groups in total. The molecular formula is C19H23ClN2O3. The Bertz CT molecular complexity index is 735. The molecular weight excluding hydrogens is 340 g/mol. The van der Waals surface area contributed by atoms with Crippen LogP contribution in [0, 0.1) is 0 Å². The number of methoxy groups -OCH3 is 1. The van der Waals surface area contributed by atoms with Crippen LogP contribution in [0.2, 0.25) is 5.02 Å². The highest BCUT2D eigenvalue weighted by atomic mass is 35.5. The van der Waals surface area contributed by atoms with Crippen LogP contribution >= 0.6 is 11.6 Å². The number of ether oxygens (including phenoxy) is 2. The summed E-state index contributed by atoms with van der Waals surface area (Å²) in [7, 11) is 1.52. The summed E-state index contributed by atoms with van der Waals surface area (Å²) in [6, 6.07) is 10.9. The van der Waals surface area contributed by atoms with Gasteiger partial charge < -0.3 is 20.1 Å². The minimum atomic E-state index is -0.257. The smallest absolute Gasteiger partial charge is 0.255 e. The Morgan fingerprint density at radius 1 is 1.20 bits per heavy atom. The molecule has 25 heavy (non-hydrogen) atoms. The van der Waals surface area contributed by atoms with E-state index in [1.54, 1.807) is 12.1 Å². The van der Waals surface area contributed by atoms with Crippen molar-refractivity contribution in [1.29, 1.82) is 0 Å². The Labute approximate surface area is 153 Å². The second kappa shape index (κ2) is 9.30. The molecule has 6 heteroatoms. The first-order valence-electron chi connectivity index (χ1n) is 8.21. The molecule has 0 aliphatic rings. The van der Waals surface area contributed by atoms with Crippen LogP contribution in [0.1, 0.15) is 29.8 Å². The fraction of sp³-hybridized carbons (Fsp3) is 0.316. The van der Waals surface area contributed by atoms with Crippen molar-refractivity contribution < 1.29 is 14.3 Å². The lowest BCUT2D eigenvalue weighted by atomic mass is 10.1. The first-order chi connectivity index (χ1) is 12.1. The van der Waals surface area contributed by atoms with E-state index >= 15 is 0 Å². The van der Waals surface area contributed by atoms with Gasteiger partial charge in [-0.05, 0) is 37.2 Å². The SMILES string of the molecule is CCNCc1ccccc1NC(=O)c1cc(Cl)c(OCC)c(OC)c1. The van der Waals surface area contributed by atoms with Crippen molar-refractivity contribution in [2.45, 2.75) is 20.4 Å². The molecule has 2 rings (SSSR count). The monoisotopic (exact) mass is 362 g/mol. The fourth-order valence-corrected chi connectivity index (χ4v) is 2.65. The molecule has 0 atom stereocenters. The van der Waals surface area contributed by atoms with Crippen LogP contribution in [0.25, 0.3) is 0 Å². The molecule has 2 aromatic carbocycles. The van der Waals surface area contributed by atoms with Crippen molar-refractivity contribution in [3.63, 3.8) is 0 Å². The summed E-state index contributed by atoms with van der Waals surface area (Å²) < 4.78 is 10.8. The molecule has 0 heterocycles. The lowest BCUT2D eigenvalue weighted by molar-refractivity contribution is 0.102. The molecule has 2 aromatic rings. The average Bonchev–Trinajstić information content (AvgIpc) is 2.62. The van der Waals surface area contributed by atoms with Crippen LogP contribution < -0.4 is 20.1 Å². The average molecular weight is 363 g/mol. The number of nitrogens with one attached hydrogen (secondary N) is 2. The van der Waals surface area contributed by atoms with Crippen molar-refractivity contribution in [1.82, 2.24) is 5.32 Å². The van der Waals surface area contributed by atoms with Crippen LogP contribution in [0.3, 0.4) is 0 Å². The van der Waals surface area contributed by atoms with Crippen LogP contribution in [-0.4, -0.2) is 26.2 Å². The minimum absolute atomic E-state index is 0.257. The number of para-hydroxylation sites is 1. The Balaban J connectivity index is 2.26. The second-order valence-corrected chi connectivity index (χ2v) is 5.72. The quantitative estimate of drug-likeness (QED) is 0.742. The summed E-state index contributed by atoms with van der Waals surface area (Å²) in [6.07, 6.45) is 0. The molecule has 0 spiro atoms. The Hall–Kier alpha value is -2.24. The third-order valence-corrected chi connectivity index (χ3v) is 3.89. The van der Waals surface area contributed by atoms with E-state index in [4.69, 9.17) is 21.1 Å². The van der Waals surface area contributed by atoms with E-state index in [-0.39, 0.29) is 5.91 Å². The molecule has 0 fully saturated rings. The van der Waals surface area contributed by atoms with Crippen LogP contribution in [0.5, 0.6) is 11.5 Å². The van der Waals surface area contributed by atoms with Gasteiger partial charge in [-0.25, -0.2) is 0 Å². The zero-order valence-electron chi connectivity index (χ0n) is 14.7. The number of amides is 1. The number of halogens is 1. The minimum Gasteiger partial charge on any atom is -0.493 e. The summed E-state index contributed by atoms with van der Waals surface area (Å²) in [5.74, 6) is 0.614. The van der Waals surface area contributed by atoms with E-state index in [1.807, 2.05) is 38.1 Å². The van der Waals surface area contributed by atoms with E-state index in [0.29, 0.717) is 35.2 Å². The number of carbonyl (C=O) groups is 1. The van der Waals surface area contributed by atoms with E-state index in [1.165, 1.54) is 7.11 Å². The zero-order valence-corrected chi connectivity index (χ0v) is 15.4. The van der Waals surface area contributed by atoms with Crippen LogP contribution in [0.4, 0.5) is 5.69 Å². The van der Waals surface area contributed by atoms with Crippen molar-refractivity contribution in [2.75, 3.05) is 25.6 Å². The van der Waals surface area contributed by atoms with Crippen molar-refractivity contribution in [2.24, 2.45) is 0 Å². The number of anilines is 1. The Kier molecular flexibility index (Phi) is 7.10. The predicted molar refractivity (Wildman–Crippen MR) is 101 cm³/mol. The first kappa shape index (κ1) is 19.1. The highest BCUT2D eigenvalue weighted by Gasteiger charge is 2.16. The number of hydrogen-bond acceptors (Lipinski definition) is 4. The summed E-state index contributed by atoms with van der Waals surface area (Å²) >= 11 is 6.24. The second-order valence-electron chi connectivity index (χ2n) is 5.31. The lowest BCUT2D eigenvalue weighted by Crippen LogP contribution is -2.17. The molecule has 0 radical (unpaired) electrons. The van der Waals surface area contributed by atoms with Crippen LogP contribution in [0.15, 0.2) is 36.4 Å². The zero-order chi connectivity index (χ0) is 18.2. The molecule has 0 aliphatic heterocycles. The van der Waals surface area contributed by atoms with Gasteiger partial charge in [0.05, 0.1) is 18.7 Å². The van der Waals surface area contributed by atoms with Gasteiger partial charge in [0.25, 0.3) is 5.91 Å². The lowest BCUT2D eigenvalue weighted by Gasteiger charge is -2.14. The van der Waals surface area contributed by atoms with Gasteiger partial charge in [-0.2, -0.15) is 0 Å². The fourth-order valence-electron chi connectivity index (χ4n) is 2.39. The summed E-state index contributed by atoms with van der Waals surface area (Å²) in [5.41, 5.74) is 2.18. The Morgan fingerprint density at radius 2 is 1.96 bits per heavy atom. The topological polar surface area (TPSA) is 59.6 Å². The van der Waals surface area contributed by atoms with E-state index in [0.717, 1.165) is 17.8 Å². The van der Waals surface area contributed by atoms with Gasteiger partial charge in [-0.3, -0.25) is 4.79 Å². The third-order valence-electron chi connectivity index (χ3n) is 3.61. The molecule has 5 nitrogen and oxygen atoms in total. The van der Waals surface area contributed by atoms with Gasteiger partial charge in [0.15, 0.2) is 11.5 Å². The maximum absolute atomic E-state index is 12.6. The van der Waals surface area contributed by atoms with Crippen molar-refractivity contribution >= 4 is 23.2 Å². The number of carbonyl (C=O) groups excluding carboxylic acids is 1. The first-order valence-corrected chi connectivity index (χ1v) is 8.58. The van der Waals surface area contributed by atoms with Gasteiger partial charge in [0.1, 0.15) is 0 Å². The number of rotatable bonds is 8. The highest BCUT2D eigenvalue weighted by Crippen LogP contribution is 2.36. The summed E-state index contributed by atoms with van der Waals surface area (Å²) in [5, 5.41) is 6.53. The molecule has 0 bridgehead atoms. The molecule has 0 saturated carbocycles. The maximum Gasteiger partial charge on any atom is 0.255 e. The standard InChI is InChI=1S/C19H23ClN2O3/c1-4-21-12-13-8-6-7-9-16(13)22-19(23)14-10-15(20)18(25-5-2)17(11-14)24-3/h6-11,21H,4-5,12H2,1-3H3,(H,22,23). The van der Waals surface area contributed by atoms with Crippen molar-refractivity contribution in [3.8, 4) is 11.5 Å². The largest absolute Gasteiger partial charge is 0.493 e. The van der Waals surface area contributed by atoms with Gasteiger partial charge in [-0.1, -0.05) is 36.7 Å². The molecule has 0 unspecified atom stereocenters. The Morgan fingerprint density at radius 3 is 2.64 bits per heavy atom. The summed E-state index contributed by atoms with van der Waals surface area (Å²) in [6.45, 7) is 5.89. The van der Waals surface area contributed by atoms with E-state index in [2.05, 4.69) is 10.6 Å². The van der Waals surface area contributed by atoms with E-state index in [9.17, 15) is 4.79 Å². The van der Waals surface area contributed by atoms with Gasteiger partial charge in [0, 0.05) is 17.8 Å². The summed E-state index contributed by atoms with van der Waals surface area (Å²) in [4.78, 5) is 12.6. The molecule has 0 aromatic heterocycles. The highest BCUT2D eigenvalue weighted by molar-refractivity contribution is 6.32. The number of benzene rings is 2. The van der Waals surface area contributed by atoms with E-state index < -0.39 is 0 Å². The van der Waals surface area contributed by atoms with Crippen molar-refractivity contribution in [3.05, 3.63) is 52.5 Å². The van der Waals surface area contributed by atoms with Gasteiger partial charge in [0.2, 0.25) is 0 Å². The maximum atomic E-state index is 12.6. The molecule has 134 valence electrons. The molecule has 0 saturated heterocycles. The normalized spacial score (nSPS) is 10.4. The van der Waals surface area contributed by atoms with Crippen LogP contribution in [-0.2, 0) is 6.54 Å². The molecule has 0 aliphatic carbocycles.